The van der Waals surface area contributed by atoms with Crippen molar-refractivity contribution < 1.29 is 23.8 Å². The fraction of sp³-hybridized carbons (Fsp3) is 0.818. The van der Waals surface area contributed by atoms with Crippen LogP contribution in [0, 0.1) is 0 Å². The van der Waals surface area contributed by atoms with Crippen LogP contribution in [0.15, 0.2) is 0 Å². The Hall–Kier alpha value is -0.140. The van der Waals surface area contributed by atoms with Crippen LogP contribution in [-0.2, 0) is 23.8 Å². The molecule has 0 N–H and O–H groups in total. The molecular weight excluding hydrogens is 372 g/mol. The highest BCUT2D eigenvalue weighted by molar-refractivity contribution is 9.13. The fourth-order valence-electron chi connectivity index (χ4n) is 1.43. The summed E-state index contributed by atoms with van der Waals surface area (Å²) in [5.74, 6) is -1.52. The molecule has 0 aliphatic carbocycles. The van der Waals surface area contributed by atoms with Crippen LogP contribution in [0.2, 0.25) is 0 Å². The van der Waals surface area contributed by atoms with Crippen molar-refractivity contribution in [3.05, 3.63) is 0 Å². The van der Waals surface area contributed by atoms with Gasteiger partial charge in [-0.15, -0.1) is 0 Å². The summed E-state index contributed by atoms with van der Waals surface area (Å²) in [6.07, 6.45) is 0.361. The van der Waals surface area contributed by atoms with E-state index in [2.05, 4.69) is 36.6 Å². The number of carbonyl (C=O) groups is 2. The minimum Gasteiger partial charge on any atom is -0.467 e. The minimum atomic E-state index is -1.74. The maximum Gasteiger partial charge on any atom is 0.338 e. The van der Waals surface area contributed by atoms with Crippen molar-refractivity contribution in [2.45, 2.75) is 36.0 Å². The van der Waals surface area contributed by atoms with E-state index in [0.29, 0.717) is 13.0 Å². The van der Waals surface area contributed by atoms with E-state index in [1.807, 2.05) is 0 Å². The van der Waals surface area contributed by atoms with Gasteiger partial charge in [-0.05, 0) is 20.3 Å². The normalized spacial score (nSPS) is 17.4. The van der Waals surface area contributed by atoms with Crippen molar-refractivity contribution in [3.8, 4) is 0 Å². The molecule has 7 heteroatoms. The van der Waals surface area contributed by atoms with Crippen LogP contribution in [0.3, 0.4) is 0 Å². The molecule has 0 fully saturated rings. The number of rotatable bonds is 7. The first kappa shape index (κ1) is 17.9. The predicted molar refractivity (Wildman–Crippen MR) is 73.9 cm³/mol. The molecule has 106 valence electrons. The van der Waals surface area contributed by atoms with Gasteiger partial charge in [-0.3, -0.25) is 0 Å². The van der Waals surface area contributed by atoms with E-state index in [1.165, 1.54) is 7.11 Å². The average molecular weight is 390 g/mol. The summed E-state index contributed by atoms with van der Waals surface area (Å²) >= 11 is 6.45. The molecule has 0 heterocycles. The van der Waals surface area contributed by atoms with Gasteiger partial charge in [-0.25, -0.2) is 9.59 Å². The molecule has 0 rings (SSSR count). The zero-order valence-corrected chi connectivity index (χ0v) is 14.1. The van der Waals surface area contributed by atoms with Crippen molar-refractivity contribution in [3.63, 3.8) is 0 Å². The van der Waals surface area contributed by atoms with E-state index in [1.54, 1.807) is 20.8 Å². The third-order valence-electron chi connectivity index (χ3n) is 2.37. The summed E-state index contributed by atoms with van der Waals surface area (Å²) in [6, 6.07) is 0. The predicted octanol–water partition coefficient (Wildman–Crippen LogP) is 2.39. The van der Waals surface area contributed by atoms with E-state index >= 15 is 0 Å². The number of hydrogen-bond donors (Lipinski definition) is 0. The van der Waals surface area contributed by atoms with Gasteiger partial charge in [0.05, 0.1) is 13.7 Å². The number of alkyl halides is 2. The highest BCUT2D eigenvalue weighted by atomic mass is 79.9. The highest BCUT2D eigenvalue weighted by Crippen LogP contribution is 2.44. The molecule has 0 aliphatic heterocycles. The third-order valence-corrected chi connectivity index (χ3v) is 5.57. The Balaban J connectivity index is 5.57. The molecule has 0 amide bonds. The number of methoxy groups -OCH3 is 1. The van der Waals surface area contributed by atoms with Gasteiger partial charge in [0, 0.05) is 6.61 Å². The Morgan fingerprint density at radius 2 is 1.61 bits per heavy atom. The van der Waals surface area contributed by atoms with Crippen LogP contribution in [0.4, 0.5) is 0 Å². The largest absolute Gasteiger partial charge is 0.467 e. The van der Waals surface area contributed by atoms with Gasteiger partial charge in [0.25, 0.3) is 4.32 Å². The number of halogens is 2. The second kappa shape index (κ2) is 7.45. The van der Waals surface area contributed by atoms with Gasteiger partial charge < -0.3 is 14.2 Å². The van der Waals surface area contributed by atoms with Crippen molar-refractivity contribution in [1.29, 1.82) is 0 Å². The van der Waals surface area contributed by atoms with E-state index in [-0.39, 0.29) is 6.61 Å². The molecule has 0 aliphatic rings. The van der Waals surface area contributed by atoms with Crippen molar-refractivity contribution in [2.24, 2.45) is 0 Å². The first-order chi connectivity index (χ1) is 8.33. The highest BCUT2D eigenvalue weighted by Gasteiger charge is 2.62. The third kappa shape index (κ3) is 3.24. The Labute approximate surface area is 124 Å². The van der Waals surface area contributed by atoms with E-state index < -0.39 is 20.8 Å². The molecule has 0 saturated carbocycles. The van der Waals surface area contributed by atoms with Gasteiger partial charge in [-0.2, -0.15) is 0 Å². The molecule has 0 spiro atoms. The summed E-state index contributed by atoms with van der Waals surface area (Å²) in [4.78, 5) is 24.0. The average Bonchev–Trinajstić information content (AvgIpc) is 2.36. The van der Waals surface area contributed by atoms with Gasteiger partial charge in [-0.1, -0.05) is 38.8 Å². The zero-order chi connectivity index (χ0) is 14.4. The molecule has 18 heavy (non-hydrogen) atoms. The summed E-state index contributed by atoms with van der Waals surface area (Å²) in [7, 11) is 1.20. The zero-order valence-electron chi connectivity index (χ0n) is 10.9. The number of ether oxygens (including phenoxy) is 3. The summed E-state index contributed by atoms with van der Waals surface area (Å²) in [5.41, 5.74) is 0. The van der Waals surface area contributed by atoms with Crippen molar-refractivity contribution >= 4 is 43.8 Å². The number of esters is 2. The topological polar surface area (TPSA) is 61.8 Å². The van der Waals surface area contributed by atoms with E-state index in [4.69, 9.17) is 9.47 Å². The maximum atomic E-state index is 12.1. The van der Waals surface area contributed by atoms with Crippen LogP contribution in [0.1, 0.15) is 27.2 Å². The van der Waals surface area contributed by atoms with E-state index in [9.17, 15) is 9.59 Å². The molecular formula is C11H18Br2O5. The summed E-state index contributed by atoms with van der Waals surface area (Å²) < 4.78 is 12.1. The quantitative estimate of drug-likeness (QED) is 0.380. The summed E-state index contributed by atoms with van der Waals surface area (Å²) in [5, 5.41) is 0. The molecule has 0 saturated heterocycles. The smallest absolute Gasteiger partial charge is 0.338 e. The lowest BCUT2D eigenvalue weighted by molar-refractivity contribution is -0.164. The standard InChI is InChI=1S/C11H18Br2O5/c1-5-10(12,18-7-3)11(13,8(14)16-4)9(15)17-6-2/h5-7H2,1-4H3. The van der Waals surface area contributed by atoms with Gasteiger partial charge in [0.15, 0.2) is 4.51 Å². The Kier molecular flexibility index (Phi) is 7.39. The minimum absolute atomic E-state index is 0.155. The van der Waals surface area contributed by atoms with Gasteiger partial charge >= 0.3 is 11.9 Å². The Bertz CT molecular complexity index is 310. The lowest BCUT2D eigenvalue weighted by Gasteiger charge is -2.37. The molecule has 0 bridgehead atoms. The number of carbonyl (C=O) groups excluding carboxylic acids is 2. The summed E-state index contributed by atoms with van der Waals surface area (Å²) in [6.45, 7) is 5.68. The lowest BCUT2D eigenvalue weighted by atomic mass is 9.99. The van der Waals surface area contributed by atoms with Crippen LogP contribution in [0.5, 0.6) is 0 Å². The van der Waals surface area contributed by atoms with Gasteiger partial charge in [0.1, 0.15) is 0 Å². The molecule has 0 radical (unpaired) electrons. The molecule has 2 unspecified atom stereocenters. The maximum absolute atomic E-state index is 12.1. The monoisotopic (exact) mass is 388 g/mol. The van der Waals surface area contributed by atoms with Crippen LogP contribution in [-0.4, -0.2) is 41.1 Å². The van der Waals surface area contributed by atoms with E-state index in [0.717, 1.165) is 0 Å². The Morgan fingerprint density at radius 1 is 1.06 bits per heavy atom. The molecule has 0 aromatic rings. The Morgan fingerprint density at radius 3 is 1.94 bits per heavy atom. The van der Waals surface area contributed by atoms with Crippen LogP contribution in [0.25, 0.3) is 0 Å². The molecule has 5 nitrogen and oxygen atoms in total. The van der Waals surface area contributed by atoms with Crippen LogP contribution >= 0.6 is 31.9 Å². The second-order valence-corrected chi connectivity index (χ2v) is 5.86. The SMILES string of the molecule is CCOC(=O)C(Br)(C(=O)OC)C(Br)(CC)OCC. The fourth-order valence-corrected chi connectivity index (χ4v) is 2.66. The van der Waals surface area contributed by atoms with Gasteiger partial charge in [0.2, 0.25) is 0 Å². The molecule has 2 atom stereocenters. The molecule has 0 aromatic carbocycles. The number of hydrogen-bond acceptors (Lipinski definition) is 5. The first-order valence-corrected chi connectivity index (χ1v) is 7.20. The lowest BCUT2D eigenvalue weighted by Crippen LogP contribution is -2.58. The second-order valence-electron chi connectivity index (χ2n) is 3.39. The molecule has 0 aromatic heterocycles. The first-order valence-electron chi connectivity index (χ1n) is 5.61. The van der Waals surface area contributed by atoms with Crippen LogP contribution < -0.4 is 0 Å². The van der Waals surface area contributed by atoms with Crippen molar-refractivity contribution in [2.75, 3.05) is 20.3 Å². The van der Waals surface area contributed by atoms with Crippen molar-refractivity contribution in [1.82, 2.24) is 0 Å².